The lowest BCUT2D eigenvalue weighted by molar-refractivity contribution is -0.118. The van der Waals surface area contributed by atoms with E-state index in [1.807, 2.05) is 0 Å². The minimum atomic E-state index is -0.609. The molecular weight excluding hydrogens is 212 g/mol. The maximum Gasteiger partial charge on any atom is 0.360 e. The van der Waals surface area contributed by atoms with E-state index in [2.05, 4.69) is 9.72 Å². The number of primary amides is 1. The van der Waals surface area contributed by atoms with Crippen LogP contribution in [0.15, 0.2) is 6.33 Å². The van der Waals surface area contributed by atoms with Crippen molar-refractivity contribution in [3.8, 4) is 0 Å². The van der Waals surface area contributed by atoms with Gasteiger partial charge in [-0.2, -0.15) is 0 Å². The highest BCUT2D eigenvalue weighted by Gasteiger charge is 2.19. The molecule has 1 aromatic rings. The number of amides is 1. The molecule has 0 aliphatic heterocycles. The molecule has 0 saturated heterocycles. The molecule has 7 heteroatoms. The van der Waals surface area contributed by atoms with E-state index in [1.54, 1.807) is 6.92 Å². The lowest BCUT2D eigenvalue weighted by Crippen LogP contribution is -2.18. The van der Waals surface area contributed by atoms with Gasteiger partial charge in [-0.15, -0.1) is 0 Å². The van der Waals surface area contributed by atoms with Crippen LogP contribution in [0, 0.1) is 0 Å². The largest absolute Gasteiger partial charge is 0.464 e. The van der Waals surface area contributed by atoms with Crippen molar-refractivity contribution in [1.82, 2.24) is 9.55 Å². The van der Waals surface area contributed by atoms with Crippen molar-refractivity contribution in [3.63, 3.8) is 0 Å². The van der Waals surface area contributed by atoms with Crippen molar-refractivity contribution < 1.29 is 14.3 Å². The second kappa shape index (κ2) is 4.65. The number of carbonyl (C=O) groups excluding carboxylic acids is 2. The van der Waals surface area contributed by atoms with Crippen LogP contribution in [0.3, 0.4) is 0 Å². The number of ether oxygens (including phenoxy) is 1. The van der Waals surface area contributed by atoms with E-state index in [1.165, 1.54) is 18.0 Å². The molecular formula is C9H14N4O3. The Hall–Kier alpha value is -2.05. The number of methoxy groups -OCH3 is 1. The summed E-state index contributed by atoms with van der Waals surface area (Å²) in [6, 6.07) is -0.247. The Morgan fingerprint density at radius 2 is 2.25 bits per heavy atom. The van der Waals surface area contributed by atoms with Gasteiger partial charge in [0.1, 0.15) is 5.82 Å². The van der Waals surface area contributed by atoms with E-state index in [-0.39, 0.29) is 24.0 Å². The van der Waals surface area contributed by atoms with Crippen molar-refractivity contribution in [2.75, 3.05) is 12.8 Å². The van der Waals surface area contributed by atoms with Gasteiger partial charge in [0.05, 0.1) is 13.4 Å². The Morgan fingerprint density at radius 1 is 1.62 bits per heavy atom. The van der Waals surface area contributed by atoms with Gasteiger partial charge in [-0.1, -0.05) is 0 Å². The number of aromatic nitrogens is 2. The van der Waals surface area contributed by atoms with Gasteiger partial charge < -0.3 is 20.8 Å². The fourth-order valence-electron chi connectivity index (χ4n) is 1.37. The van der Waals surface area contributed by atoms with Crippen molar-refractivity contribution >= 4 is 17.7 Å². The monoisotopic (exact) mass is 226 g/mol. The predicted octanol–water partition coefficient (Wildman–Crippen LogP) is -0.312. The summed E-state index contributed by atoms with van der Waals surface area (Å²) in [6.07, 6.45) is 1.51. The maximum absolute atomic E-state index is 11.2. The van der Waals surface area contributed by atoms with Gasteiger partial charge >= 0.3 is 5.97 Å². The summed E-state index contributed by atoms with van der Waals surface area (Å²) in [4.78, 5) is 25.8. The third kappa shape index (κ3) is 2.30. The highest BCUT2D eigenvalue weighted by atomic mass is 16.5. The van der Waals surface area contributed by atoms with E-state index in [9.17, 15) is 9.59 Å². The standard InChI is InChI=1S/C9H14N4O3/c1-5(3-6(10)14)13-4-12-7(8(13)11)9(15)16-2/h4-5H,3,11H2,1-2H3,(H2,10,14). The van der Waals surface area contributed by atoms with Crippen LogP contribution in [-0.2, 0) is 9.53 Å². The van der Waals surface area contributed by atoms with E-state index >= 15 is 0 Å². The van der Waals surface area contributed by atoms with Crippen LogP contribution in [0.5, 0.6) is 0 Å². The van der Waals surface area contributed by atoms with Gasteiger partial charge in [0.25, 0.3) is 0 Å². The number of nitrogen functional groups attached to an aromatic ring is 1. The van der Waals surface area contributed by atoms with Crippen molar-refractivity contribution in [1.29, 1.82) is 0 Å². The van der Waals surface area contributed by atoms with E-state index in [0.717, 1.165) is 0 Å². The smallest absolute Gasteiger partial charge is 0.360 e. The number of esters is 1. The summed E-state index contributed by atoms with van der Waals surface area (Å²) in [5.41, 5.74) is 10.8. The number of hydrogen-bond donors (Lipinski definition) is 2. The first-order chi connectivity index (χ1) is 7.47. The number of carbonyl (C=O) groups is 2. The number of hydrogen-bond acceptors (Lipinski definition) is 5. The minimum Gasteiger partial charge on any atom is -0.464 e. The second-order valence-corrected chi connectivity index (χ2v) is 3.40. The lowest BCUT2D eigenvalue weighted by Gasteiger charge is -2.12. The zero-order valence-electron chi connectivity index (χ0n) is 9.14. The lowest BCUT2D eigenvalue weighted by atomic mass is 10.2. The summed E-state index contributed by atoms with van der Waals surface area (Å²) >= 11 is 0. The zero-order chi connectivity index (χ0) is 12.3. The molecule has 0 bridgehead atoms. The van der Waals surface area contributed by atoms with Gasteiger partial charge in [0.2, 0.25) is 5.91 Å². The van der Waals surface area contributed by atoms with Gasteiger partial charge in [0, 0.05) is 12.5 Å². The van der Waals surface area contributed by atoms with E-state index in [0.29, 0.717) is 0 Å². The number of imidazole rings is 1. The molecule has 0 spiro atoms. The third-order valence-corrected chi connectivity index (χ3v) is 2.18. The first-order valence-electron chi connectivity index (χ1n) is 4.66. The van der Waals surface area contributed by atoms with Gasteiger partial charge in [-0.25, -0.2) is 9.78 Å². The highest BCUT2D eigenvalue weighted by molar-refractivity contribution is 5.92. The van der Waals surface area contributed by atoms with Crippen LogP contribution < -0.4 is 11.5 Å². The molecule has 1 unspecified atom stereocenters. The fraction of sp³-hybridized carbons (Fsp3) is 0.444. The molecule has 0 aliphatic rings. The van der Waals surface area contributed by atoms with E-state index in [4.69, 9.17) is 11.5 Å². The highest BCUT2D eigenvalue weighted by Crippen LogP contribution is 2.19. The molecule has 0 radical (unpaired) electrons. The first-order valence-corrected chi connectivity index (χ1v) is 4.66. The molecule has 0 saturated carbocycles. The van der Waals surface area contributed by atoms with Crippen LogP contribution in [0.4, 0.5) is 5.82 Å². The summed E-state index contributed by atoms with van der Waals surface area (Å²) in [6.45, 7) is 1.75. The van der Waals surface area contributed by atoms with E-state index < -0.39 is 11.9 Å². The van der Waals surface area contributed by atoms with Crippen molar-refractivity contribution in [2.45, 2.75) is 19.4 Å². The van der Waals surface area contributed by atoms with Gasteiger partial charge in [-0.05, 0) is 6.92 Å². The van der Waals surface area contributed by atoms with Crippen molar-refractivity contribution in [2.24, 2.45) is 5.73 Å². The molecule has 88 valence electrons. The topological polar surface area (TPSA) is 113 Å². The Morgan fingerprint density at radius 3 is 2.75 bits per heavy atom. The molecule has 1 aromatic heterocycles. The molecule has 1 amide bonds. The molecule has 16 heavy (non-hydrogen) atoms. The molecule has 7 nitrogen and oxygen atoms in total. The van der Waals surface area contributed by atoms with Crippen LogP contribution in [-0.4, -0.2) is 28.5 Å². The minimum absolute atomic E-state index is 0.0406. The fourth-order valence-corrected chi connectivity index (χ4v) is 1.37. The number of anilines is 1. The number of nitrogens with two attached hydrogens (primary N) is 2. The number of rotatable bonds is 4. The Bertz CT molecular complexity index is 413. The quantitative estimate of drug-likeness (QED) is 0.683. The summed E-state index contributed by atoms with van der Waals surface area (Å²) in [5, 5.41) is 0. The van der Waals surface area contributed by atoms with Crippen LogP contribution >= 0.6 is 0 Å². The molecule has 1 heterocycles. The van der Waals surface area contributed by atoms with Crippen LogP contribution in [0.25, 0.3) is 0 Å². The average molecular weight is 226 g/mol. The third-order valence-electron chi connectivity index (χ3n) is 2.18. The zero-order valence-corrected chi connectivity index (χ0v) is 9.14. The van der Waals surface area contributed by atoms with Gasteiger partial charge in [0.15, 0.2) is 5.69 Å². The molecule has 0 fully saturated rings. The van der Waals surface area contributed by atoms with Crippen LogP contribution in [0.2, 0.25) is 0 Å². The molecule has 4 N–H and O–H groups in total. The molecule has 0 aliphatic carbocycles. The van der Waals surface area contributed by atoms with Gasteiger partial charge in [-0.3, -0.25) is 4.79 Å². The summed E-state index contributed by atoms with van der Waals surface area (Å²) in [5.74, 6) is -0.886. The SMILES string of the molecule is COC(=O)c1ncn(C(C)CC(N)=O)c1N. The van der Waals surface area contributed by atoms with Crippen molar-refractivity contribution in [3.05, 3.63) is 12.0 Å². The molecule has 1 atom stereocenters. The summed E-state index contributed by atoms with van der Waals surface area (Å²) in [7, 11) is 1.24. The molecule has 1 rings (SSSR count). The summed E-state index contributed by atoms with van der Waals surface area (Å²) < 4.78 is 6.02. The number of nitrogens with zero attached hydrogens (tertiary/aromatic N) is 2. The predicted molar refractivity (Wildman–Crippen MR) is 56.5 cm³/mol. The Kier molecular flexibility index (Phi) is 3.49. The van der Waals surface area contributed by atoms with Crippen LogP contribution in [0.1, 0.15) is 29.9 Å². The second-order valence-electron chi connectivity index (χ2n) is 3.40. The first kappa shape index (κ1) is 12.0. The normalized spacial score (nSPS) is 12.1. The Labute approximate surface area is 92.4 Å². The molecule has 0 aromatic carbocycles. The maximum atomic E-state index is 11.2. The average Bonchev–Trinajstić information content (AvgIpc) is 2.58. The Balaban J connectivity index is 2.95.